The van der Waals surface area contributed by atoms with Gasteiger partial charge in [-0.15, -0.1) is 0 Å². The molecule has 0 bridgehead atoms. The minimum atomic E-state index is 0.0252. The Morgan fingerprint density at radius 2 is 2.10 bits per heavy atom. The van der Waals surface area contributed by atoms with E-state index in [0.29, 0.717) is 17.5 Å². The number of aromatic nitrogens is 1. The van der Waals surface area contributed by atoms with Crippen LogP contribution in [0.25, 0.3) is 0 Å². The van der Waals surface area contributed by atoms with Gasteiger partial charge in [0, 0.05) is 24.3 Å². The Balaban J connectivity index is 2.10. The fourth-order valence-electron chi connectivity index (χ4n) is 3.31. The standard InChI is InChI=1S/C17H27N3O/c1-5-12-7-8-15(11(12)3)20-17(21)13-9-14(6-2)19-16(10-13)18-4/h9-12,15H,5-8H2,1-4H3,(H,18,19)(H,20,21). The number of amides is 1. The summed E-state index contributed by atoms with van der Waals surface area (Å²) in [5, 5.41) is 6.24. The molecule has 0 spiro atoms. The molecule has 1 aliphatic rings. The molecule has 3 unspecified atom stereocenters. The van der Waals surface area contributed by atoms with E-state index in [0.717, 1.165) is 30.3 Å². The molecule has 1 aromatic heterocycles. The first kappa shape index (κ1) is 15.8. The van der Waals surface area contributed by atoms with Crippen LogP contribution in [0, 0.1) is 11.8 Å². The average molecular weight is 289 g/mol. The van der Waals surface area contributed by atoms with E-state index in [-0.39, 0.29) is 5.91 Å². The second kappa shape index (κ2) is 6.92. The summed E-state index contributed by atoms with van der Waals surface area (Å²) in [7, 11) is 1.83. The van der Waals surface area contributed by atoms with Gasteiger partial charge in [-0.25, -0.2) is 4.98 Å². The molecule has 1 aliphatic carbocycles. The van der Waals surface area contributed by atoms with Crippen molar-refractivity contribution in [1.29, 1.82) is 0 Å². The van der Waals surface area contributed by atoms with Crippen LogP contribution in [0.5, 0.6) is 0 Å². The quantitative estimate of drug-likeness (QED) is 0.875. The number of rotatable bonds is 5. The van der Waals surface area contributed by atoms with E-state index in [9.17, 15) is 4.79 Å². The van der Waals surface area contributed by atoms with Crippen LogP contribution in [0.2, 0.25) is 0 Å². The zero-order valence-electron chi connectivity index (χ0n) is 13.6. The Bertz CT molecular complexity index is 479. The fraction of sp³-hybridized carbons (Fsp3) is 0.647. The minimum absolute atomic E-state index is 0.0252. The van der Waals surface area contributed by atoms with Gasteiger partial charge in [0.15, 0.2) is 0 Å². The molecule has 4 nitrogen and oxygen atoms in total. The summed E-state index contributed by atoms with van der Waals surface area (Å²) in [6.45, 7) is 6.55. The summed E-state index contributed by atoms with van der Waals surface area (Å²) in [5.41, 5.74) is 1.65. The number of carbonyl (C=O) groups is 1. The summed E-state index contributed by atoms with van der Waals surface area (Å²) >= 11 is 0. The van der Waals surface area contributed by atoms with Crippen LogP contribution < -0.4 is 10.6 Å². The lowest BCUT2D eigenvalue weighted by molar-refractivity contribution is 0.0926. The van der Waals surface area contributed by atoms with Crippen molar-refractivity contribution in [1.82, 2.24) is 10.3 Å². The lowest BCUT2D eigenvalue weighted by atomic mass is 9.93. The van der Waals surface area contributed by atoms with E-state index in [4.69, 9.17) is 0 Å². The van der Waals surface area contributed by atoms with Gasteiger partial charge in [-0.05, 0) is 43.2 Å². The van der Waals surface area contributed by atoms with Gasteiger partial charge in [0.2, 0.25) is 0 Å². The number of nitrogens with one attached hydrogen (secondary N) is 2. The molecule has 0 aliphatic heterocycles. The van der Waals surface area contributed by atoms with Crippen molar-refractivity contribution in [2.24, 2.45) is 11.8 Å². The molecule has 2 N–H and O–H groups in total. The van der Waals surface area contributed by atoms with Crippen molar-refractivity contribution >= 4 is 11.7 Å². The molecule has 0 aromatic carbocycles. The van der Waals surface area contributed by atoms with E-state index >= 15 is 0 Å². The van der Waals surface area contributed by atoms with E-state index < -0.39 is 0 Å². The zero-order chi connectivity index (χ0) is 15.4. The lowest BCUT2D eigenvalue weighted by Gasteiger charge is -2.21. The third-order valence-electron chi connectivity index (χ3n) is 4.83. The maximum atomic E-state index is 12.5. The number of pyridine rings is 1. The maximum absolute atomic E-state index is 12.5. The van der Waals surface area contributed by atoms with E-state index in [2.05, 4.69) is 29.5 Å². The first-order chi connectivity index (χ1) is 10.1. The van der Waals surface area contributed by atoms with E-state index in [1.54, 1.807) is 0 Å². The van der Waals surface area contributed by atoms with Gasteiger partial charge in [-0.1, -0.05) is 27.2 Å². The lowest BCUT2D eigenvalue weighted by Crippen LogP contribution is -2.37. The molecule has 1 heterocycles. The van der Waals surface area contributed by atoms with Crippen molar-refractivity contribution in [2.75, 3.05) is 12.4 Å². The number of nitrogens with zero attached hydrogens (tertiary/aromatic N) is 1. The Labute approximate surface area is 127 Å². The Hall–Kier alpha value is -1.58. The highest BCUT2D eigenvalue weighted by molar-refractivity contribution is 5.95. The average Bonchev–Trinajstić information content (AvgIpc) is 2.86. The van der Waals surface area contributed by atoms with Crippen LogP contribution in [0.3, 0.4) is 0 Å². The molecular weight excluding hydrogens is 262 g/mol. The topological polar surface area (TPSA) is 54.0 Å². The summed E-state index contributed by atoms with van der Waals surface area (Å²) < 4.78 is 0. The van der Waals surface area contributed by atoms with Gasteiger partial charge in [0.25, 0.3) is 5.91 Å². The van der Waals surface area contributed by atoms with Crippen LogP contribution in [0.15, 0.2) is 12.1 Å². The highest BCUT2D eigenvalue weighted by atomic mass is 16.1. The highest BCUT2D eigenvalue weighted by Crippen LogP contribution is 2.34. The minimum Gasteiger partial charge on any atom is -0.373 e. The summed E-state index contributed by atoms with van der Waals surface area (Å²) in [6, 6.07) is 4.03. The molecule has 4 heteroatoms. The number of aryl methyl sites for hydroxylation is 1. The maximum Gasteiger partial charge on any atom is 0.251 e. The first-order valence-corrected chi connectivity index (χ1v) is 8.08. The van der Waals surface area contributed by atoms with Crippen LogP contribution in [-0.2, 0) is 6.42 Å². The number of anilines is 1. The predicted molar refractivity (Wildman–Crippen MR) is 86.6 cm³/mol. The Morgan fingerprint density at radius 3 is 2.67 bits per heavy atom. The number of hydrogen-bond acceptors (Lipinski definition) is 3. The summed E-state index contributed by atoms with van der Waals surface area (Å²) in [4.78, 5) is 16.9. The smallest absolute Gasteiger partial charge is 0.251 e. The zero-order valence-corrected chi connectivity index (χ0v) is 13.6. The molecule has 1 fully saturated rings. The van der Waals surface area contributed by atoms with Crippen LogP contribution in [0.4, 0.5) is 5.82 Å². The van der Waals surface area contributed by atoms with Crippen LogP contribution in [-0.4, -0.2) is 24.0 Å². The molecule has 1 aromatic rings. The highest BCUT2D eigenvalue weighted by Gasteiger charge is 2.32. The van der Waals surface area contributed by atoms with E-state index in [1.807, 2.05) is 26.1 Å². The molecule has 116 valence electrons. The molecule has 3 atom stereocenters. The second-order valence-corrected chi connectivity index (χ2v) is 6.02. The molecule has 1 amide bonds. The van der Waals surface area contributed by atoms with Crippen molar-refractivity contribution in [3.63, 3.8) is 0 Å². The van der Waals surface area contributed by atoms with Gasteiger partial charge < -0.3 is 10.6 Å². The molecule has 2 rings (SSSR count). The second-order valence-electron chi connectivity index (χ2n) is 6.02. The molecule has 0 saturated heterocycles. The third kappa shape index (κ3) is 3.55. The first-order valence-electron chi connectivity index (χ1n) is 8.08. The Morgan fingerprint density at radius 1 is 1.33 bits per heavy atom. The van der Waals surface area contributed by atoms with Gasteiger partial charge in [0.05, 0.1) is 0 Å². The molecular formula is C17H27N3O. The number of carbonyl (C=O) groups excluding carboxylic acids is 1. The van der Waals surface area contributed by atoms with Crippen molar-refractivity contribution in [3.8, 4) is 0 Å². The van der Waals surface area contributed by atoms with Gasteiger partial charge >= 0.3 is 0 Å². The normalized spacial score (nSPS) is 24.9. The van der Waals surface area contributed by atoms with Crippen LogP contribution in [0.1, 0.15) is 56.1 Å². The van der Waals surface area contributed by atoms with Crippen molar-refractivity contribution < 1.29 is 4.79 Å². The SMILES string of the molecule is CCc1cc(C(=O)NC2CCC(CC)C2C)cc(NC)n1. The van der Waals surface area contributed by atoms with E-state index in [1.165, 1.54) is 12.8 Å². The predicted octanol–water partition coefficient (Wildman–Crippen LogP) is 3.24. The largest absolute Gasteiger partial charge is 0.373 e. The molecule has 0 radical (unpaired) electrons. The fourth-order valence-corrected chi connectivity index (χ4v) is 3.31. The Kier molecular flexibility index (Phi) is 5.21. The van der Waals surface area contributed by atoms with Crippen LogP contribution >= 0.6 is 0 Å². The van der Waals surface area contributed by atoms with Gasteiger partial charge in [0.1, 0.15) is 5.82 Å². The number of hydrogen-bond donors (Lipinski definition) is 2. The molecule has 21 heavy (non-hydrogen) atoms. The van der Waals surface area contributed by atoms with Gasteiger partial charge in [-0.2, -0.15) is 0 Å². The monoisotopic (exact) mass is 289 g/mol. The van der Waals surface area contributed by atoms with Crippen molar-refractivity contribution in [3.05, 3.63) is 23.4 Å². The van der Waals surface area contributed by atoms with Crippen molar-refractivity contribution in [2.45, 2.75) is 52.5 Å². The summed E-state index contributed by atoms with van der Waals surface area (Å²) in [6.07, 6.45) is 4.34. The summed E-state index contributed by atoms with van der Waals surface area (Å²) in [5.74, 6) is 2.09. The third-order valence-corrected chi connectivity index (χ3v) is 4.83. The van der Waals surface area contributed by atoms with Gasteiger partial charge in [-0.3, -0.25) is 4.79 Å². The molecule has 1 saturated carbocycles.